The number of aromatic nitrogens is 2. The minimum Gasteiger partial charge on any atom is -0.456 e. The van der Waals surface area contributed by atoms with E-state index in [1.165, 1.54) is 0 Å². The standard InChI is InChI=1S/C19H20N2O2/c1-13-17(18(22)23-19(2,3)4)14-9-5-6-10-15(14)21(13)16-11-7-8-12-20-16/h5-12H,1-4H3. The number of rotatable bonds is 2. The Labute approximate surface area is 135 Å². The number of esters is 1. The number of pyridine rings is 1. The zero-order chi connectivity index (χ0) is 16.6. The average Bonchev–Trinajstić information content (AvgIpc) is 2.78. The summed E-state index contributed by atoms with van der Waals surface area (Å²) in [6.45, 7) is 7.54. The highest BCUT2D eigenvalue weighted by Crippen LogP contribution is 2.29. The largest absolute Gasteiger partial charge is 0.456 e. The number of fused-ring (bicyclic) bond motifs is 1. The van der Waals surface area contributed by atoms with Crippen LogP contribution in [0.2, 0.25) is 0 Å². The van der Waals surface area contributed by atoms with E-state index in [1.54, 1.807) is 6.20 Å². The highest BCUT2D eigenvalue weighted by molar-refractivity contribution is 6.06. The summed E-state index contributed by atoms with van der Waals surface area (Å²) in [6.07, 6.45) is 1.75. The first-order valence-electron chi connectivity index (χ1n) is 7.63. The van der Waals surface area contributed by atoms with E-state index in [1.807, 2.05) is 74.7 Å². The lowest BCUT2D eigenvalue weighted by atomic mass is 10.1. The first kappa shape index (κ1) is 15.3. The van der Waals surface area contributed by atoms with Crippen LogP contribution in [0.25, 0.3) is 16.7 Å². The molecule has 0 spiro atoms. The fraction of sp³-hybridized carbons (Fsp3) is 0.263. The molecular formula is C19H20N2O2. The molecule has 23 heavy (non-hydrogen) atoms. The molecule has 0 saturated heterocycles. The van der Waals surface area contributed by atoms with E-state index in [0.29, 0.717) is 5.56 Å². The van der Waals surface area contributed by atoms with Crippen LogP contribution in [0.15, 0.2) is 48.7 Å². The van der Waals surface area contributed by atoms with Gasteiger partial charge in [-0.2, -0.15) is 0 Å². The second kappa shape index (κ2) is 5.54. The lowest BCUT2D eigenvalue weighted by molar-refractivity contribution is 0.00710. The highest BCUT2D eigenvalue weighted by Gasteiger charge is 2.25. The van der Waals surface area contributed by atoms with Gasteiger partial charge >= 0.3 is 5.97 Å². The molecule has 4 heteroatoms. The first-order valence-corrected chi connectivity index (χ1v) is 7.63. The molecule has 0 aliphatic rings. The van der Waals surface area contributed by atoms with Crippen molar-refractivity contribution in [2.75, 3.05) is 0 Å². The summed E-state index contributed by atoms with van der Waals surface area (Å²) in [4.78, 5) is 17.1. The number of carbonyl (C=O) groups excluding carboxylic acids is 1. The fourth-order valence-electron chi connectivity index (χ4n) is 2.74. The Morgan fingerprint density at radius 1 is 1.09 bits per heavy atom. The Morgan fingerprint density at radius 3 is 2.43 bits per heavy atom. The van der Waals surface area contributed by atoms with E-state index >= 15 is 0 Å². The molecular weight excluding hydrogens is 288 g/mol. The molecule has 1 aromatic carbocycles. The van der Waals surface area contributed by atoms with Crippen molar-refractivity contribution in [2.45, 2.75) is 33.3 Å². The topological polar surface area (TPSA) is 44.1 Å². The van der Waals surface area contributed by atoms with Gasteiger partial charge in [-0.05, 0) is 45.9 Å². The normalized spacial score (nSPS) is 11.7. The van der Waals surface area contributed by atoms with Gasteiger partial charge in [-0.15, -0.1) is 0 Å². The Hall–Kier alpha value is -2.62. The smallest absolute Gasteiger partial charge is 0.341 e. The predicted octanol–water partition coefficient (Wildman–Crippen LogP) is 4.29. The van der Waals surface area contributed by atoms with E-state index in [-0.39, 0.29) is 5.97 Å². The van der Waals surface area contributed by atoms with Gasteiger partial charge in [-0.1, -0.05) is 24.3 Å². The summed E-state index contributed by atoms with van der Waals surface area (Å²) in [5.41, 5.74) is 1.85. The first-order chi connectivity index (χ1) is 10.9. The van der Waals surface area contributed by atoms with Gasteiger partial charge in [0.2, 0.25) is 0 Å². The molecule has 0 aliphatic carbocycles. The van der Waals surface area contributed by atoms with E-state index in [0.717, 1.165) is 22.4 Å². The SMILES string of the molecule is Cc1c(C(=O)OC(C)(C)C)c2ccccc2n1-c1ccccn1. The van der Waals surface area contributed by atoms with Gasteiger partial charge in [-0.3, -0.25) is 4.57 Å². The van der Waals surface area contributed by atoms with Crippen LogP contribution in [-0.4, -0.2) is 21.1 Å². The van der Waals surface area contributed by atoms with Crippen LogP contribution in [-0.2, 0) is 4.74 Å². The summed E-state index contributed by atoms with van der Waals surface area (Å²) in [7, 11) is 0. The van der Waals surface area contributed by atoms with Crippen LogP contribution >= 0.6 is 0 Å². The molecule has 0 fully saturated rings. The number of ether oxygens (including phenoxy) is 1. The van der Waals surface area contributed by atoms with E-state index in [9.17, 15) is 4.79 Å². The maximum absolute atomic E-state index is 12.7. The van der Waals surface area contributed by atoms with E-state index in [2.05, 4.69) is 4.98 Å². The number of benzene rings is 1. The third-order valence-electron chi connectivity index (χ3n) is 3.59. The molecule has 4 nitrogen and oxygen atoms in total. The maximum atomic E-state index is 12.7. The van der Waals surface area contributed by atoms with Gasteiger partial charge in [0, 0.05) is 17.3 Å². The summed E-state index contributed by atoms with van der Waals surface area (Å²) in [5.74, 6) is 0.483. The highest BCUT2D eigenvalue weighted by atomic mass is 16.6. The molecule has 0 amide bonds. The molecule has 2 aromatic heterocycles. The van der Waals surface area contributed by atoms with Gasteiger partial charge in [0.05, 0.1) is 11.1 Å². The molecule has 118 valence electrons. The number of hydrogen-bond donors (Lipinski definition) is 0. The fourth-order valence-corrected chi connectivity index (χ4v) is 2.74. The quantitative estimate of drug-likeness (QED) is 0.663. The maximum Gasteiger partial charge on any atom is 0.341 e. The molecule has 0 atom stereocenters. The second-order valence-corrected chi connectivity index (χ2v) is 6.50. The van der Waals surface area contributed by atoms with Crippen LogP contribution in [0.4, 0.5) is 0 Å². The van der Waals surface area contributed by atoms with Gasteiger partial charge in [-0.25, -0.2) is 9.78 Å². The monoisotopic (exact) mass is 308 g/mol. The minimum atomic E-state index is -0.530. The van der Waals surface area contributed by atoms with Crippen LogP contribution in [0, 0.1) is 6.92 Å². The third-order valence-corrected chi connectivity index (χ3v) is 3.59. The molecule has 0 unspecified atom stereocenters. The number of para-hydroxylation sites is 1. The van der Waals surface area contributed by atoms with Crippen molar-refractivity contribution in [2.24, 2.45) is 0 Å². The van der Waals surface area contributed by atoms with Crippen LogP contribution in [0.5, 0.6) is 0 Å². The van der Waals surface area contributed by atoms with Crippen molar-refractivity contribution in [3.05, 3.63) is 59.9 Å². The summed E-state index contributed by atoms with van der Waals surface area (Å²) in [6, 6.07) is 13.6. The molecule has 3 rings (SSSR count). The summed E-state index contributed by atoms with van der Waals surface area (Å²) >= 11 is 0. The van der Waals surface area contributed by atoms with Crippen molar-refractivity contribution in [1.29, 1.82) is 0 Å². The molecule has 2 heterocycles. The van der Waals surface area contributed by atoms with Gasteiger partial charge in [0.15, 0.2) is 0 Å². The average molecular weight is 308 g/mol. The van der Waals surface area contributed by atoms with Crippen molar-refractivity contribution in [3.8, 4) is 5.82 Å². The Morgan fingerprint density at radius 2 is 1.78 bits per heavy atom. The number of carbonyl (C=O) groups is 1. The van der Waals surface area contributed by atoms with Gasteiger partial charge in [0.1, 0.15) is 11.4 Å². The molecule has 0 bridgehead atoms. The molecule has 0 saturated carbocycles. The second-order valence-electron chi connectivity index (χ2n) is 6.50. The van der Waals surface area contributed by atoms with Crippen LogP contribution in [0.1, 0.15) is 36.8 Å². The van der Waals surface area contributed by atoms with Crippen molar-refractivity contribution in [1.82, 2.24) is 9.55 Å². The van der Waals surface area contributed by atoms with Gasteiger partial charge < -0.3 is 4.74 Å². The summed E-state index contributed by atoms with van der Waals surface area (Å²) in [5, 5.41) is 0.880. The van der Waals surface area contributed by atoms with Crippen LogP contribution < -0.4 is 0 Å². The zero-order valence-corrected chi connectivity index (χ0v) is 13.8. The Kier molecular flexibility index (Phi) is 3.68. The number of nitrogens with zero attached hydrogens (tertiary/aromatic N) is 2. The van der Waals surface area contributed by atoms with Crippen molar-refractivity contribution in [3.63, 3.8) is 0 Å². The summed E-state index contributed by atoms with van der Waals surface area (Å²) < 4.78 is 7.58. The number of hydrogen-bond acceptors (Lipinski definition) is 3. The molecule has 0 radical (unpaired) electrons. The minimum absolute atomic E-state index is 0.305. The zero-order valence-electron chi connectivity index (χ0n) is 13.8. The Balaban J connectivity index is 2.24. The van der Waals surface area contributed by atoms with E-state index < -0.39 is 5.60 Å². The van der Waals surface area contributed by atoms with Crippen molar-refractivity contribution < 1.29 is 9.53 Å². The molecule has 3 aromatic rings. The predicted molar refractivity (Wildman–Crippen MR) is 91.0 cm³/mol. The molecule has 0 N–H and O–H groups in total. The molecule has 0 aliphatic heterocycles. The van der Waals surface area contributed by atoms with Crippen LogP contribution in [0.3, 0.4) is 0 Å². The van der Waals surface area contributed by atoms with Crippen molar-refractivity contribution >= 4 is 16.9 Å². The van der Waals surface area contributed by atoms with E-state index in [4.69, 9.17) is 4.74 Å². The van der Waals surface area contributed by atoms with Gasteiger partial charge in [0.25, 0.3) is 0 Å². The Bertz CT molecular complexity index is 858. The third kappa shape index (κ3) is 2.84. The lowest BCUT2D eigenvalue weighted by Gasteiger charge is -2.19. The lowest BCUT2D eigenvalue weighted by Crippen LogP contribution is -2.24.